The predicted octanol–water partition coefficient (Wildman–Crippen LogP) is 2.65. The van der Waals surface area contributed by atoms with Crippen LogP contribution in [0.5, 0.6) is 0 Å². The number of rotatable bonds is 11. The second-order valence-corrected chi connectivity index (χ2v) is 16.1. The summed E-state index contributed by atoms with van der Waals surface area (Å²) in [5.74, 6) is -2.51. The third kappa shape index (κ3) is 13.4. The van der Waals surface area contributed by atoms with E-state index in [4.69, 9.17) is 5.73 Å². The number of carbonyl (C=O) groups is 6. The number of primary amides is 1. The lowest BCUT2D eigenvalue weighted by Crippen LogP contribution is -2.59. The van der Waals surface area contributed by atoms with Gasteiger partial charge in [0.2, 0.25) is 35.4 Å². The summed E-state index contributed by atoms with van der Waals surface area (Å²) in [6, 6.07) is 12.4. The van der Waals surface area contributed by atoms with Gasteiger partial charge in [-0.2, -0.15) is 0 Å². The first kappa shape index (κ1) is 42.9. The van der Waals surface area contributed by atoms with Gasteiger partial charge in [0.15, 0.2) is 0 Å². The number of H-pyrrole nitrogens is 1. The van der Waals surface area contributed by atoms with Gasteiger partial charge in [0.1, 0.15) is 18.1 Å². The van der Waals surface area contributed by atoms with Crippen molar-refractivity contribution in [3.8, 4) is 0 Å². The lowest BCUT2D eigenvalue weighted by Gasteiger charge is -2.30. The molecule has 6 amide bonds. The van der Waals surface area contributed by atoms with Crippen LogP contribution in [-0.2, 0) is 41.6 Å². The molecule has 2 aliphatic rings. The molecule has 2 fully saturated rings. The first-order valence-corrected chi connectivity index (χ1v) is 20.5. The highest BCUT2D eigenvalue weighted by Gasteiger charge is 2.33. The zero-order valence-electron chi connectivity index (χ0n) is 33.2. The Hall–Kier alpha value is -5.24. The van der Waals surface area contributed by atoms with Crippen LogP contribution in [0.4, 0.5) is 0 Å². The van der Waals surface area contributed by atoms with E-state index in [1.165, 1.54) is 0 Å². The highest BCUT2D eigenvalue weighted by atomic mass is 16.2. The lowest BCUT2D eigenvalue weighted by molar-refractivity contribution is -0.134. The van der Waals surface area contributed by atoms with Crippen molar-refractivity contribution >= 4 is 46.3 Å². The Morgan fingerprint density at radius 2 is 1.40 bits per heavy atom. The second-order valence-electron chi connectivity index (χ2n) is 16.1. The first-order chi connectivity index (χ1) is 27.4. The van der Waals surface area contributed by atoms with Gasteiger partial charge in [-0.05, 0) is 48.3 Å². The quantitative estimate of drug-likeness (QED) is 0.145. The Labute approximate surface area is 335 Å². The van der Waals surface area contributed by atoms with Crippen molar-refractivity contribution in [3.05, 3.63) is 71.9 Å². The maximum atomic E-state index is 14.3. The highest BCUT2D eigenvalue weighted by molar-refractivity contribution is 5.96. The number of hydrogen-bond donors (Lipinski definition) is 8. The van der Waals surface area contributed by atoms with E-state index in [-0.39, 0.29) is 56.5 Å². The van der Waals surface area contributed by atoms with Crippen molar-refractivity contribution in [2.24, 2.45) is 17.6 Å². The summed E-state index contributed by atoms with van der Waals surface area (Å²) in [6.45, 7) is 4.46. The number of para-hydroxylation sites is 1. The van der Waals surface area contributed by atoms with Crippen LogP contribution in [0.3, 0.4) is 0 Å². The molecule has 14 nitrogen and oxygen atoms in total. The zero-order valence-corrected chi connectivity index (χ0v) is 33.2. The molecule has 0 bridgehead atoms. The molecule has 0 unspecified atom stereocenters. The summed E-state index contributed by atoms with van der Waals surface area (Å²) < 4.78 is 0. The van der Waals surface area contributed by atoms with Gasteiger partial charge in [-0.3, -0.25) is 28.8 Å². The van der Waals surface area contributed by atoms with Crippen LogP contribution >= 0.6 is 0 Å². The van der Waals surface area contributed by atoms with E-state index in [0.29, 0.717) is 25.3 Å². The monoisotopic (exact) mass is 784 g/mol. The summed E-state index contributed by atoms with van der Waals surface area (Å²) in [4.78, 5) is 85.1. The number of aromatic amines is 1. The summed E-state index contributed by atoms with van der Waals surface area (Å²) in [7, 11) is 0. The van der Waals surface area contributed by atoms with E-state index in [1.807, 2.05) is 54.6 Å². The third-order valence-corrected chi connectivity index (χ3v) is 11.0. The third-order valence-electron chi connectivity index (χ3n) is 11.0. The molecular weight excluding hydrogens is 725 g/mol. The zero-order chi connectivity index (χ0) is 40.7. The number of benzene rings is 2. The molecule has 9 N–H and O–H groups in total. The molecule has 57 heavy (non-hydrogen) atoms. The number of nitrogens with one attached hydrogen (secondary N) is 7. The number of carbonyl (C=O) groups excluding carboxylic acids is 6. The molecule has 2 aromatic carbocycles. The Kier molecular flexibility index (Phi) is 16.1. The average molecular weight is 785 g/mol. The molecule has 2 heterocycles. The van der Waals surface area contributed by atoms with Gasteiger partial charge in [-0.15, -0.1) is 0 Å². The summed E-state index contributed by atoms with van der Waals surface area (Å²) in [5, 5.41) is 18.9. The number of amides is 6. The van der Waals surface area contributed by atoms with Crippen molar-refractivity contribution in [3.63, 3.8) is 0 Å². The SMILES string of the molecule is CC(C)C[C@H]1CN[C@@H](CC2CCCCC2)C(=O)N[C@@H](CCC(N)=O)C(=O)N[C@@H](Cc2c[nH]c3ccccc23)C(=O)N[C@@H](Cc2ccccc2)C(=O)NCCC(=O)N1. The Balaban J connectivity index is 1.49. The number of nitrogens with two attached hydrogens (primary N) is 1. The molecule has 1 aromatic heterocycles. The molecule has 0 radical (unpaired) electrons. The van der Waals surface area contributed by atoms with Crippen LogP contribution in [-0.4, -0.2) is 83.7 Å². The van der Waals surface area contributed by atoms with E-state index < -0.39 is 53.7 Å². The first-order valence-electron chi connectivity index (χ1n) is 20.5. The van der Waals surface area contributed by atoms with Gasteiger partial charge in [0.05, 0.1) is 6.04 Å². The second kappa shape index (κ2) is 21.3. The van der Waals surface area contributed by atoms with E-state index in [0.717, 1.165) is 54.1 Å². The maximum Gasteiger partial charge on any atom is 0.243 e. The standard InChI is InChI=1S/C43H60N8O6/c1-27(2)21-31-26-47-35(22-28-11-5-3-6-12-28)42(56)49-34(17-18-38(44)52)41(55)51-37(24-30-25-46-33-16-10-9-15-32(30)33)43(57)50-36(23-29-13-7-4-8-14-29)40(54)45-20-19-39(53)48-31/h4,7-10,13-16,25,27-28,31,34-37,46-47H,3,5-6,11-12,17-24,26H2,1-2H3,(H2,44,52)(H,45,54)(H,48,53)(H,49,56)(H,50,57)(H,51,55)/t31-,34-,35-,36-,37-/m0/s1. The van der Waals surface area contributed by atoms with Crippen LogP contribution in [0.15, 0.2) is 60.8 Å². The Morgan fingerprint density at radius 3 is 2.12 bits per heavy atom. The summed E-state index contributed by atoms with van der Waals surface area (Å²) in [5.41, 5.74) is 7.94. The number of fused-ring (bicyclic) bond motifs is 1. The van der Waals surface area contributed by atoms with Crippen LogP contribution in [0.1, 0.15) is 89.2 Å². The van der Waals surface area contributed by atoms with Crippen molar-refractivity contribution in [1.29, 1.82) is 0 Å². The topological polar surface area (TPSA) is 216 Å². The van der Waals surface area contributed by atoms with Gasteiger partial charge in [0, 0.05) is 61.9 Å². The van der Waals surface area contributed by atoms with Crippen LogP contribution in [0.25, 0.3) is 10.9 Å². The molecule has 1 aliphatic heterocycles. The molecule has 0 spiro atoms. The fourth-order valence-corrected chi connectivity index (χ4v) is 7.97. The lowest BCUT2D eigenvalue weighted by atomic mass is 9.84. The molecule has 3 aromatic rings. The molecule has 1 saturated heterocycles. The average Bonchev–Trinajstić information content (AvgIpc) is 3.59. The van der Waals surface area contributed by atoms with E-state index in [2.05, 4.69) is 50.7 Å². The Morgan fingerprint density at radius 1 is 0.754 bits per heavy atom. The highest BCUT2D eigenvalue weighted by Crippen LogP contribution is 2.28. The molecule has 5 rings (SSSR count). The van der Waals surface area contributed by atoms with Gasteiger partial charge >= 0.3 is 0 Å². The fourth-order valence-electron chi connectivity index (χ4n) is 7.97. The van der Waals surface area contributed by atoms with Gasteiger partial charge in [-0.25, -0.2) is 0 Å². The van der Waals surface area contributed by atoms with E-state index >= 15 is 0 Å². The Bertz CT molecular complexity index is 1820. The molecule has 14 heteroatoms. The minimum atomic E-state index is -1.20. The molecule has 1 aliphatic carbocycles. The van der Waals surface area contributed by atoms with E-state index in [1.54, 1.807) is 6.20 Å². The molecule has 5 atom stereocenters. The van der Waals surface area contributed by atoms with Crippen molar-refractivity contribution in [2.75, 3.05) is 13.1 Å². The van der Waals surface area contributed by atoms with Gasteiger partial charge in [-0.1, -0.05) is 94.5 Å². The van der Waals surface area contributed by atoms with Crippen LogP contribution < -0.4 is 37.6 Å². The van der Waals surface area contributed by atoms with Crippen molar-refractivity contribution in [2.45, 2.75) is 121 Å². The fraction of sp³-hybridized carbons (Fsp3) is 0.535. The largest absolute Gasteiger partial charge is 0.370 e. The summed E-state index contributed by atoms with van der Waals surface area (Å²) >= 11 is 0. The molecular formula is C43H60N8O6. The van der Waals surface area contributed by atoms with Crippen LogP contribution in [0.2, 0.25) is 0 Å². The van der Waals surface area contributed by atoms with Crippen LogP contribution in [0, 0.1) is 11.8 Å². The van der Waals surface area contributed by atoms with Gasteiger partial charge < -0.3 is 42.6 Å². The van der Waals surface area contributed by atoms with E-state index in [9.17, 15) is 28.8 Å². The number of hydrogen-bond acceptors (Lipinski definition) is 7. The smallest absolute Gasteiger partial charge is 0.243 e. The minimum Gasteiger partial charge on any atom is -0.370 e. The minimum absolute atomic E-state index is 0.0130. The maximum absolute atomic E-state index is 14.3. The molecule has 1 saturated carbocycles. The van der Waals surface area contributed by atoms with Crippen molar-refractivity contribution < 1.29 is 28.8 Å². The van der Waals surface area contributed by atoms with Gasteiger partial charge in [0.25, 0.3) is 0 Å². The normalized spacial score (nSPS) is 24.0. The predicted molar refractivity (Wildman–Crippen MR) is 218 cm³/mol. The summed E-state index contributed by atoms with van der Waals surface area (Å²) in [6.07, 6.45) is 8.21. The molecule has 308 valence electrons. The number of aromatic nitrogens is 1. The van der Waals surface area contributed by atoms with Crippen molar-refractivity contribution in [1.82, 2.24) is 36.9 Å².